The molecule has 0 bridgehead atoms. The Hall–Kier alpha value is -2.19. The zero-order valence-electron chi connectivity index (χ0n) is 12.6. The first kappa shape index (κ1) is 15.3. The number of fused-ring (bicyclic) bond motifs is 3. The number of pyridine rings is 1. The van der Waals surface area contributed by atoms with Gasteiger partial charge in [-0.2, -0.15) is 4.98 Å². The highest BCUT2D eigenvalue weighted by atomic mass is 79.9. The molecule has 120 valence electrons. The average molecular weight is 402 g/mol. The van der Waals surface area contributed by atoms with Gasteiger partial charge in [0.1, 0.15) is 0 Å². The molecule has 0 saturated carbocycles. The largest absolute Gasteiger partial charge is 0.448 e. The van der Waals surface area contributed by atoms with Crippen LogP contribution in [0.2, 0.25) is 0 Å². The summed E-state index contributed by atoms with van der Waals surface area (Å²) in [5.41, 5.74) is 3.37. The molecular weight excluding hydrogens is 390 g/mol. The van der Waals surface area contributed by atoms with Crippen LogP contribution in [0.1, 0.15) is 11.8 Å². The summed E-state index contributed by atoms with van der Waals surface area (Å²) in [6.07, 6.45) is 4.99. The van der Waals surface area contributed by atoms with Crippen LogP contribution < -0.4 is 10.1 Å². The highest BCUT2D eigenvalue weighted by Crippen LogP contribution is 2.40. The van der Waals surface area contributed by atoms with Gasteiger partial charge in [-0.05, 0) is 36.6 Å². The minimum atomic E-state index is -0.388. The molecule has 1 aliphatic rings. The van der Waals surface area contributed by atoms with Gasteiger partial charge in [0.15, 0.2) is 11.9 Å². The number of ether oxygens (including phenoxy) is 1. The van der Waals surface area contributed by atoms with Crippen LogP contribution >= 0.6 is 27.7 Å². The van der Waals surface area contributed by atoms with Gasteiger partial charge in [0.25, 0.3) is 0 Å². The molecule has 3 aromatic rings. The maximum absolute atomic E-state index is 6.13. The molecule has 1 aliphatic heterocycles. The molecule has 24 heavy (non-hydrogen) atoms. The van der Waals surface area contributed by atoms with Crippen LogP contribution in [0.15, 0.2) is 52.4 Å². The molecule has 1 aromatic carbocycles. The number of benzene rings is 1. The summed E-state index contributed by atoms with van der Waals surface area (Å²) >= 11 is 4.93. The zero-order valence-corrected chi connectivity index (χ0v) is 15.0. The number of rotatable bonds is 2. The lowest BCUT2D eigenvalue weighted by Gasteiger charge is -2.19. The summed E-state index contributed by atoms with van der Waals surface area (Å²) < 4.78 is 7.08. The minimum Gasteiger partial charge on any atom is -0.448 e. The van der Waals surface area contributed by atoms with E-state index in [4.69, 9.17) is 4.74 Å². The number of nitrogens with zero attached hydrogens (tertiary/aromatic N) is 4. The summed E-state index contributed by atoms with van der Waals surface area (Å²) in [4.78, 5) is 8.55. The second kappa shape index (κ2) is 6.37. The van der Waals surface area contributed by atoms with Crippen LogP contribution in [0.4, 0.5) is 5.69 Å². The first-order valence-electron chi connectivity index (χ1n) is 7.16. The predicted molar refractivity (Wildman–Crippen MR) is 96.0 cm³/mol. The van der Waals surface area contributed by atoms with Gasteiger partial charge in [0.05, 0.1) is 0 Å². The average Bonchev–Trinajstić information content (AvgIpc) is 2.78. The SMILES string of the molecule is CSc1nnc2c(n1)OC(c1ccncc1)Nc1ccc(Br)cc1-2. The topological polar surface area (TPSA) is 72.8 Å². The lowest BCUT2D eigenvalue weighted by Crippen LogP contribution is -2.17. The molecule has 0 fully saturated rings. The molecule has 2 aromatic heterocycles. The number of thioether (sulfide) groups is 1. The Morgan fingerprint density at radius 1 is 1.17 bits per heavy atom. The van der Waals surface area contributed by atoms with Crippen molar-refractivity contribution in [3.05, 3.63) is 52.8 Å². The summed E-state index contributed by atoms with van der Waals surface area (Å²) in [6, 6.07) is 9.75. The zero-order chi connectivity index (χ0) is 16.5. The van der Waals surface area contributed by atoms with Crippen LogP contribution in [-0.2, 0) is 0 Å². The maximum Gasteiger partial charge on any atom is 0.247 e. The Balaban J connectivity index is 1.89. The molecule has 0 spiro atoms. The van der Waals surface area contributed by atoms with Crippen molar-refractivity contribution in [1.82, 2.24) is 20.2 Å². The molecule has 0 amide bonds. The van der Waals surface area contributed by atoms with Crippen molar-refractivity contribution in [3.8, 4) is 17.1 Å². The van der Waals surface area contributed by atoms with E-state index in [0.29, 0.717) is 16.7 Å². The van der Waals surface area contributed by atoms with Crippen LogP contribution in [-0.4, -0.2) is 26.4 Å². The smallest absolute Gasteiger partial charge is 0.247 e. The Morgan fingerprint density at radius 2 is 2.00 bits per heavy atom. The molecular formula is C16H12BrN5OS. The van der Waals surface area contributed by atoms with Gasteiger partial charge in [0, 0.05) is 33.7 Å². The van der Waals surface area contributed by atoms with E-state index >= 15 is 0 Å². The third kappa shape index (κ3) is 2.83. The fraction of sp³-hybridized carbons (Fsp3) is 0.125. The lowest BCUT2D eigenvalue weighted by atomic mass is 10.1. The van der Waals surface area contributed by atoms with Crippen molar-refractivity contribution >= 4 is 33.4 Å². The number of hydrogen-bond acceptors (Lipinski definition) is 7. The van der Waals surface area contributed by atoms with Gasteiger partial charge in [-0.1, -0.05) is 27.7 Å². The minimum absolute atomic E-state index is 0.388. The van der Waals surface area contributed by atoms with E-state index in [0.717, 1.165) is 21.3 Å². The second-order valence-electron chi connectivity index (χ2n) is 5.06. The third-order valence-corrected chi connectivity index (χ3v) is 4.61. The molecule has 1 N–H and O–H groups in total. The van der Waals surface area contributed by atoms with Gasteiger partial charge in [-0.15, -0.1) is 10.2 Å². The van der Waals surface area contributed by atoms with Gasteiger partial charge < -0.3 is 10.1 Å². The van der Waals surface area contributed by atoms with Gasteiger partial charge in [-0.25, -0.2) is 0 Å². The molecule has 0 radical (unpaired) electrons. The van der Waals surface area contributed by atoms with Crippen molar-refractivity contribution in [3.63, 3.8) is 0 Å². The summed E-state index contributed by atoms with van der Waals surface area (Å²) in [5.74, 6) is 0.459. The van der Waals surface area contributed by atoms with E-state index in [1.807, 2.05) is 36.6 Å². The molecule has 1 unspecified atom stereocenters. The van der Waals surface area contributed by atoms with E-state index < -0.39 is 0 Å². The molecule has 8 heteroatoms. The summed E-state index contributed by atoms with van der Waals surface area (Å²) in [7, 11) is 0. The normalized spacial score (nSPS) is 15.5. The lowest BCUT2D eigenvalue weighted by molar-refractivity contribution is 0.225. The molecule has 0 saturated heterocycles. The van der Waals surface area contributed by atoms with Crippen molar-refractivity contribution < 1.29 is 4.74 Å². The highest BCUT2D eigenvalue weighted by molar-refractivity contribution is 9.10. The fourth-order valence-electron chi connectivity index (χ4n) is 2.45. The first-order chi connectivity index (χ1) is 11.7. The van der Waals surface area contributed by atoms with Crippen LogP contribution in [0.25, 0.3) is 11.3 Å². The third-order valence-electron chi connectivity index (χ3n) is 3.58. The standard InChI is InChI=1S/C16H12BrN5OS/c1-24-16-20-15-13(21-22-16)11-8-10(17)2-3-12(11)19-14(23-15)9-4-6-18-7-5-9/h2-8,14,19H,1H3. The summed E-state index contributed by atoms with van der Waals surface area (Å²) in [6.45, 7) is 0. The Morgan fingerprint density at radius 3 is 2.79 bits per heavy atom. The summed E-state index contributed by atoms with van der Waals surface area (Å²) in [5, 5.41) is 12.4. The number of anilines is 1. The van der Waals surface area contributed by atoms with E-state index in [9.17, 15) is 0 Å². The van der Waals surface area contributed by atoms with E-state index in [-0.39, 0.29) is 6.23 Å². The monoisotopic (exact) mass is 401 g/mol. The number of halogens is 1. The molecule has 4 rings (SSSR count). The van der Waals surface area contributed by atoms with E-state index in [1.165, 1.54) is 11.8 Å². The maximum atomic E-state index is 6.13. The van der Waals surface area contributed by atoms with Gasteiger partial charge >= 0.3 is 0 Å². The fourth-order valence-corrected chi connectivity index (χ4v) is 3.10. The van der Waals surface area contributed by atoms with Crippen molar-refractivity contribution in [2.75, 3.05) is 11.6 Å². The second-order valence-corrected chi connectivity index (χ2v) is 6.75. The molecule has 0 aliphatic carbocycles. The quantitative estimate of drug-likeness (QED) is 0.652. The number of aromatic nitrogens is 4. The predicted octanol–water partition coefficient (Wildman–Crippen LogP) is 3.92. The highest BCUT2D eigenvalue weighted by Gasteiger charge is 2.26. The molecule has 3 heterocycles. The van der Waals surface area contributed by atoms with Crippen LogP contribution in [0, 0.1) is 0 Å². The van der Waals surface area contributed by atoms with Crippen LogP contribution in [0.3, 0.4) is 0 Å². The Kier molecular flexibility index (Phi) is 4.07. The Bertz CT molecular complexity index is 893. The van der Waals surface area contributed by atoms with Crippen molar-refractivity contribution in [2.45, 2.75) is 11.4 Å². The van der Waals surface area contributed by atoms with Crippen molar-refractivity contribution in [1.29, 1.82) is 0 Å². The van der Waals surface area contributed by atoms with E-state index in [2.05, 4.69) is 41.4 Å². The number of hydrogen-bond donors (Lipinski definition) is 1. The first-order valence-corrected chi connectivity index (χ1v) is 9.18. The van der Waals surface area contributed by atoms with E-state index in [1.54, 1.807) is 12.4 Å². The van der Waals surface area contributed by atoms with Gasteiger partial charge in [-0.3, -0.25) is 4.98 Å². The molecule has 6 nitrogen and oxygen atoms in total. The van der Waals surface area contributed by atoms with Crippen LogP contribution in [0.5, 0.6) is 5.88 Å². The number of nitrogens with one attached hydrogen (secondary N) is 1. The molecule has 1 atom stereocenters. The van der Waals surface area contributed by atoms with Gasteiger partial charge in [0.2, 0.25) is 11.0 Å². The van der Waals surface area contributed by atoms with Crippen molar-refractivity contribution in [2.24, 2.45) is 0 Å². The Labute approximate surface area is 151 Å².